The molecule has 192 valence electrons. The van der Waals surface area contributed by atoms with Gasteiger partial charge in [0.2, 0.25) is 0 Å². The summed E-state index contributed by atoms with van der Waals surface area (Å²) in [6.07, 6.45) is 5.25. The highest BCUT2D eigenvalue weighted by Crippen LogP contribution is 2.44. The molecule has 2 N–H and O–H groups in total. The average molecular weight is 506 g/mol. The largest absolute Gasteiger partial charge is 0.493 e. The predicted octanol–water partition coefficient (Wildman–Crippen LogP) is 4.38. The molecule has 2 aromatic rings. The van der Waals surface area contributed by atoms with Gasteiger partial charge in [0.05, 0.1) is 34.4 Å². The molecule has 0 aliphatic carbocycles. The fraction of sp³-hybridized carbons (Fsp3) is 0.480. The summed E-state index contributed by atoms with van der Waals surface area (Å²) in [6, 6.07) is 3.63. The van der Waals surface area contributed by atoms with Crippen LogP contribution in [0.2, 0.25) is 0 Å². The van der Waals surface area contributed by atoms with Gasteiger partial charge in [-0.3, -0.25) is 9.59 Å². The monoisotopic (exact) mass is 505 g/mol. The van der Waals surface area contributed by atoms with E-state index in [1.165, 1.54) is 18.4 Å². The molecule has 0 unspecified atom stereocenters. The average Bonchev–Trinajstić information content (AvgIpc) is 3.23. The summed E-state index contributed by atoms with van der Waals surface area (Å²) < 4.78 is 22.5. The summed E-state index contributed by atoms with van der Waals surface area (Å²) in [5.41, 5.74) is 6.09. The molecule has 0 saturated carbocycles. The number of fused-ring (bicyclic) bond motifs is 1. The summed E-state index contributed by atoms with van der Waals surface area (Å²) in [6.45, 7) is 5.77. The van der Waals surface area contributed by atoms with Crippen LogP contribution in [0.25, 0.3) is 10.1 Å². The Labute approximate surface area is 210 Å². The molecule has 0 fully saturated rings. The lowest BCUT2D eigenvalue weighted by Crippen LogP contribution is -2.38. The number of ether oxygens (including phenoxy) is 4. The molecule has 0 amide bonds. The Kier molecular flexibility index (Phi) is 11.4. The smallest absolute Gasteiger partial charge is 0.305 e. The minimum Gasteiger partial charge on any atom is -0.493 e. The van der Waals surface area contributed by atoms with Gasteiger partial charge in [0.25, 0.3) is 0 Å². The number of aliphatic imine (C=N–C) groups is 1. The van der Waals surface area contributed by atoms with Crippen LogP contribution >= 0.6 is 11.3 Å². The van der Waals surface area contributed by atoms with E-state index in [9.17, 15) is 9.59 Å². The lowest BCUT2D eigenvalue weighted by Gasteiger charge is -2.21. The lowest BCUT2D eigenvalue weighted by molar-refractivity contribution is -0.140. The fourth-order valence-corrected chi connectivity index (χ4v) is 4.46. The van der Waals surface area contributed by atoms with Crippen molar-refractivity contribution in [2.75, 3.05) is 41.0 Å². The minimum absolute atomic E-state index is 0.00616. The number of rotatable bonds is 14. The van der Waals surface area contributed by atoms with Crippen molar-refractivity contribution in [2.45, 2.75) is 39.5 Å². The molecular formula is C25H35N3O6S. The Morgan fingerprint density at radius 3 is 2.46 bits per heavy atom. The van der Waals surface area contributed by atoms with Gasteiger partial charge in [0.1, 0.15) is 10.6 Å². The highest BCUT2D eigenvalue weighted by Gasteiger charge is 2.23. The van der Waals surface area contributed by atoms with E-state index in [1.54, 1.807) is 26.5 Å². The number of hydrogen-bond acceptors (Lipinski definition) is 8. The summed E-state index contributed by atoms with van der Waals surface area (Å²) in [4.78, 5) is 31.2. The highest BCUT2D eigenvalue weighted by molar-refractivity contribution is 7.21. The van der Waals surface area contributed by atoms with Gasteiger partial charge in [-0.2, -0.15) is 0 Å². The van der Waals surface area contributed by atoms with Crippen molar-refractivity contribution in [3.63, 3.8) is 0 Å². The molecule has 0 aliphatic heterocycles. The Morgan fingerprint density at radius 2 is 1.83 bits per heavy atom. The number of Topliss-reactive ketones (excluding diaryl/α,β-unsaturated/α-hetero) is 1. The van der Waals surface area contributed by atoms with E-state index in [-0.39, 0.29) is 18.6 Å². The topological polar surface area (TPSA) is 113 Å². The summed E-state index contributed by atoms with van der Waals surface area (Å²) in [5, 5.41) is 0.757. The number of nitrogens with two attached hydrogens (primary N) is 1. The van der Waals surface area contributed by atoms with E-state index in [0.717, 1.165) is 16.5 Å². The maximum atomic E-state index is 13.0. The maximum absolute atomic E-state index is 13.0. The third-order valence-electron chi connectivity index (χ3n) is 5.26. The van der Waals surface area contributed by atoms with Gasteiger partial charge in [0, 0.05) is 41.9 Å². The number of ketones is 1. The summed E-state index contributed by atoms with van der Waals surface area (Å²) >= 11 is 1.31. The van der Waals surface area contributed by atoms with Gasteiger partial charge in [-0.1, -0.05) is 13.0 Å². The first kappa shape index (κ1) is 28.0. The standard InChI is InChI=1S/C25H35N3O6S/c1-6-8-12-27-25(26)28(7-2)13-9-14-34-23-17-15-19(31-3)20(32-4)16-21(17)35-24(23)18(29)10-11-22(30)33-5/h8,12,15-16H,6-7,9-11,13-14H2,1-5H3,(H2,26,27)/b12-8+. The van der Waals surface area contributed by atoms with Crippen molar-refractivity contribution in [1.29, 1.82) is 0 Å². The third kappa shape index (κ3) is 7.61. The van der Waals surface area contributed by atoms with Crippen LogP contribution in [0, 0.1) is 0 Å². The Balaban J connectivity index is 2.24. The summed E-state index contributed by atoms with van der Waals surface area (Å²) in [5.74, 6) is 1.42. The number of carbonyl (C=O) groups excluding carboxylic acids is 2. The Hall–Kier alpha value is -3.27. The van der Waals surface area contributed by atoms with E-state index >= 15 is 0 Å². The van der Waals surface area contributed by atoms with E-state index in [0.29, 0.717) is 54.2 Å². The van der Waals surface area contributed by atoms with Crippen LogP contribution in [-0.2, 0) is 9.53 Å². The number of allylic oxidation sites excluding steroid dienone is 1. The van der Waals surface area contributed by atoms with Gasteiger partial charge in [-0.05, 0) is 25.8 Å². The molecule has 1 heterocycles. The van der Waals surface area contributed by atoms with Crippen molar-refractivity contribution in [3.05, 3.63) is 29.3 Å². The molecule has 0 spiro atoms. The van der Waals surface area contributed by atoms with Crippen LogP contribution < -0.4 is 19.9 Å². The van der Waals surface area contributed by atoms with Gasteiger partial charge < -0.3 is 29.6 Å². The van der Waals surface area contributed by atoms with Crippen molar-refractivity contribution in [1.82, 2.24) is 4.90 Å². The number of benzene rings is 1. The normalized spacial score (nSPS) is 11.6. The second-order valence-corrected chi connectivity index (χ2v) is 8.58. The van der Waals surface area contributed by atoms with Gasteiger partial charge in [0.15, 0.2) is 23.2 Å². The quantitative estimate of drug-likeness (QED) is 0.132. The molecule has 9 nitrogen and oxygen atoms in total. The molecule has 0 bridgehead atoms. The minimum atomic E-state index is -0.432. The molecular weight excluding hydrogens is 470 g/mol. The molecule has 10 heteroatoms. The lowest BCUT2D eigenvalue weighted by atomic mass is 10.1. The second-order valence-electron chi connectivity index (χ2n) is 7.52. The Morgan fingerprint density at radius 1 is 1.11 bits per heavy atom. The number of thiophene rings is 1. The van der Waals surface area contributed by atoms with Crippen molar-refractivity contribution >= 4 is 39.1 Å². The van der Waals surface area contributed by atoms with Crippen molar-refractivity contribution in [2.24, 2.45) is 10.7 Å². The molecule has 0 aliphatic rings. The molecule has 0 atom stereocenters. The first-order valence-corrected chi connectivity index (χ1v) is 12.4. The van der Waals surface area contributed by atoms with Crippen molar-refractivity contribution in [3.8, 4) is 17.2 Å². The van der Waals surface area contributed by atoms with E-state index in [1.807, 2.05) is 30.9 Å². The Bertz CT molecular complexity index is 1060. The molecule has 2 rings (SSSR count). The van der Waals surface area contributed by atoms with Crippen LogP contribution in [0.3, 0.4) is 0 Å². The zero-order valence-electron chi connectivity index (χ0n) is 21.1. The number of methoxy groups -OCH3 is 3. The van der Waals surface area contributed by atoms with Crippen LogP contribution in [0.1, 0.15) is 49.2 Å². The molecule has 0 radical (unpaired) electrons. The maximum Gasteiger partial charge on any atom is 0.305 e. The fourth-order valence-electron chi connectivity index (χ4n) is 3.34. The number of hydrogen-bond donors (Lipinski definition) is 1. The first-order chi connectivity index (χ1) is 16.9. The molecule has 35 heavy (non-hydrogen) atoms. The van der Waals surface area contributed by atoms with Crippen LogP contribution in [0.5, 0.6) is 17.2 Å². The van der Waals surface area contributed by atoms with Crippen LogP contribution in [0.15, 0.2) is 29.4 Å². The van der Waals surface area contributed by atoms with E-state index in [2.05, 4.69) is 9.73 Å². The zero-order valence-corrected chi connectivity index (χ0v) is 21.9. The third-order valence-corrected chi connectivity index (χ3v) is 6.43. The first-order valence-electron chi connectivity index (χ1n) is 11.5. The van der Waals surface area contributed by atoms with Crippen molar-refractivity contribution < 1.29 is 28.5 Å². The molecule has 1 aromatic heterocycles. The van der Waals surface area contributed by atoms with Gasteiger partial charge >= 0.3 is 5.97 Å². The van der Waals surface area contributed by atoms with Gasteiger partial charge in [-0.15, -0.1) is 11.3 Å². The molecule has 1 aromatic carbocycles. The SMILES string of the molecule is CC/C=C/N=C(/N)N(CC)CCCOc1c(C(=O)CCC(=O)OC)sc2cc(OC)c(OC)cc12. The van der Waals surface area contributed by atoms with E-state index < -0.39 is 5.97 Å². The number of carbonyl (C=O) groups is 2. The van der Waals surface area contributed by atoms with Gasteiger partial charge in [-0.25, -0.2) is 4.99 Å². The summed E-state index contributed by atoms with van der Waals surface area (Å²) in [7, 11) is 4.42. The predicted molar refractivity (Wildman–Crippen MR) is 139 cm³/mol. The van der Waals surface area contributed by atoms with Crippen LogP contribution in [0.4, 0.5) is 0 Å². The number of esters is 1. The highest BCUT2D eigenvalue weighted by atomic mass is 32.1. The number of guanidine groups is 1. The molecule has 0 saturated heterocycles. The van der Waals surface area contributed by atoms with E-state index in [4.69, 9.17) is 19.9 Å². The zero-order chi connectivity index (χ0) is 25.8. The number of nitrogens with zero attached hydrogens (tertiary/aromatic N) is 2. The van der Waals surface area contributed by atoms with Crippen LogP contribution in [-0.4, -0.2) is 63.6 Å². The second kappa shape index (κ2) is 14.2.